The lowest BCUT2D eigenvalue weighted by molar-refractivity contribution is -0.120. The number of hydrogen-bond donors (Lipinski definition) is 1. The second kappa shape index (κ2) is 6.53. The van der Waals surface area contributed by atoms with Crippen molar-refractivity contribution in [3.63, 3.8) is 0 Å². The van der Waals surface area contributed by atoms with E-state index in [0.717, 1.165) is 37.3 Å². The fourth-order valence-corrected chi connectivity index (χ4v) is 5.61. The average molecular weight is 414 g/mol. The number of aliphatic hydroxyl groups is 1. The van der Waals surface area contributed by atoms with Crippen LogP contribution in [0, 0.1) is 12.8 Å². The van der Waals surface area contributed by atoms with Gasteiger partial charge in [0.15, 0.2) is 5.65 Å². The number of rotatable bonds is 4. The summed E-state index contributed by atoms with van der Waals surface area (Å²) < 4.78 is 28.4. The molecule has 0 aliphatic heterocycles. The van der Waals surface area contributed by atoms with Crippen molar-refractivity contribution < 1.29 is 13.9 Å². The van der Waals surface area contributed by atoms with Gasteiger partial charge in [-0.05, 0) is 36.6 Å². The summed E-state index contributed by atoms with van der Waals surface area (Å²) in [4.78, 5) is 11.0. The van der Waals surface area contributed by atoms with Crippen LogP contribution >= 0.6 is 11.3 Å². The minimum absolute atomic E-state index is 0.122. The molecule has 5 rings (SSSR count). The van der Waals surface area contributed by atoms with Crippen LogP contribution in [0.4, 0.5) is 8.78 Å². The zero-order valence-corrected chi connectivity index (χ0v) is 16.9. The van der Waals surface area contributed by atoms with E-state index in [-0.39, 0.29) is 31.3 Å². The molecule has 4 aromatic rings. The van der Waals surface area contributed by atoms with Crippen molar-refractivity contribution >= 4 is 32.6 Å². The number of aryl methyl sites for hydroxylation is 2. The normalized spacial score (nSPS) is 17.7. The maximum absolute atomic E-state index is 13.4. The SMILES string of the molecule is Cc1c([C@H](CO)C2CC(F)(F)C2)sc2nc(-c3cnc4nn(C)cc4c3)ccc12. The molecule has 4 aromatic heterocycles. The van der Waals surface area contributed by atoms with Gasteiger partial charge in [-0.25, -0.2) is 18.7 Å². The van der Waals surface area contributed by atoms with E-state index in [1.54, 1.807) is 10.9 Å². The Labute approximate surface area is 170 Å². The number of pyridine rings is 2. The highest BCUT2D eigenvalue weighted by molar-refractivity contribution is 7.19. The van der Waals surface area contributed by atoms with Crippen LogP contribution in [0.3, 0.4) is 0 Å². The van der Waals surface area contributed by atoms with Crippen LogP contribution in [0.25, 0.3) is 32.5 Å². The van der Waals surface area contributed by atoms with Gasteiger partial charge in [0.05, 0.1) is 12.3 Å². The van der Waals surface area contributed by atoms with Crippen molar-refractivity contribution in [1.82, 2.24) is 19.7 Å². The maximum atomic E-state index is 13.4. The first-order valence-electron chi connectivity index (χ1n) is 9.53. The molecule has 29 heavy (non-hydrogen) atoms. The second-order valence-corrected chi connectivity index (χ2v) is 8.92. The number of halogens is 2. The van der Waals surface area contributed by atoms with Gasteiger partial charge in [-0.1, -0.05) is 0 Å². The van der Waals surface area contributed by atoms with Gasteiger partial charge in [0.25, 0.3) is 0 Å². The van der Waals surface area contributed by atoms with Gasteiger partial charge in [-0.15, -0.1) is 11.3 Å². The zero-order chi connectivity index (χ0) is 20.3. The smallest absolute Gasteiger partial charge is 0.248 e. The summed E-state index contributed by atoms with van der Waals surface area (Å²) in [6, 6.07) is 5.98. The van der Waals surface area contributed by atoms with Crippen LogP contribution in [0.2, 0.25) is 0 Å². The van der Waals surface area contributed by atoms with E-state index in [4.69, 9.17) is 4.98 Å². The van der Waals surface area contributed by atoms with Gasteiger partial charge in [0.2, 0.25) is 5.92 Å². The van der Waals surface area contributed by atoms with Crippen LogP contribution in [0.15, 0.2) is 30.6 Å². The molecule has 1 N–H and O–H groups in total. The van der Waals surface area contributed by atoms with E-state index in [1.165, 1.54) is 11.3 Å². The van der Waals surface area contributed by atoms with Gasteiger partial charge in [0, 0.05) is 59.4 Å². The van der Waals surface area contributed by atoms with Gasteiger partial charge in [-0.3, -0.25) is 4.68 Å². The Bertz CT molecular complexity index is 1220. The van der Waals surface area contributed by atoms with Crippen molar-refractivity contribution in [3.8, 4) is 11.3 Å². The van der Waals surface area contributed by atoms with Crippen LogP contribution in [0.1, 0.15) is 29.2 Å². The first kappa shape index (κ1) is 18.6. The standard InChI is InChI=1S/C21H20F2N4OS/c1-11-15-3-4-17(12-5-13-9-27(2)26-19(13)24-8-12)25-20(15)29-18(11)16(10-28)14-6-21(22,23)7-14/h3-5,8-9,14,16,28H,6-7,10H2,1-2H3/t16-/m1/s1. The molecule has 0 aromatic carbocycles. The molecule has 8 heteroatoms. The molecule has 1 aliphatic carbocycles. The Morgan fingerprint density at radius 1 is 1.34 bits per heavy atom. The fourth-order valence-electron chi connectivity index (χ4n) is 4.24. The summed E-state index contributed by atoms with van der Waals surface area (Å²) in [5.74, 6) is -3.03. The number of nitrogens with zero attached hydrogens (tertiary/aromatic N) is 4. The van der Waals surface area contributed by atoms with E-state index in [0.29, 0.717) is 5.65 Å². The van der Waals surface area contributed by atoms with Gasteiger partial charge < -0.3 is 5.11 Å². The number of alkyl halides is 2. The Kier molecular flexibility index (Phi) is 4.18. The van der Waals surface area contributed by atoms with E-state index in [9.17, 15) is 13.9 Å². The number of fused-ring (bicyclic) bond motifs is 2. The van der Waals surface area contributed by atoms with E-state index in [1.807, 2.05) is 38.4 Å². The number of hydrogen-bond acceptors (Lipinski definition) is 5. The third-order valence-corrected chi connectivity index (χ3v) is 7.17. The summed E-state index contributed by atoms with van der Waals surface area (Å²) in [5.41, 5.74) is 3.42. The molecule has 5 nitrogen and oxygen atoms in total. The second-order valence-electron chi connectivity index (χ2n) is 7.89. The van der Waals surface area contributed by atoms with Crippen molar-refractivity contribution in [2.75, 3.05) is 6.61 Å². The van der Waals surface area contributed by atoms with E-state index >= 15 is 0 Å². The average Bonchev–Trinajstić information content (AvgIpc) is 3.19. The molecule has 0 unspecified atom stereocenters. The van der Waals surface area contributed by atoms with Gasteiger partial charge in [0.1, 0.15) is 4.83 Å². The number of aromatic nitrogens is 4. The fraction of sp³-hybridized carbons (Fsp3) is 0.381. The van der Waals surface area contributed by atoms with Crippen LogP contribution in [0.5, 0.6) is 0 Å². The van der Waals surface area contributed by atoms with Gasteiger partial charge in [-0.2, -0.15) is 5.10 Å². The molecule has 1 fully saturated rings. The predicted octanol–water partition coefficient (Wildman–Crippen LogP) is 4.67. The third-order valence-electron chi connectivity index (χ3n) is 5.83. The lowest BCUT2D eigenvalue weighted by Gasteiger charge is -2.39. The molecule has 0 radical (unpaired) electrons. The molecule has 0 spiro atoms. The Hall–Kier alpha value is -2.45. The first-order valence-corrected chi connectivity index (χ1v) is 10.3. The van der Waals surface area contributed by atoms with Crippen LogP contribution in [-0.4, -0.2) is 37.4 Å². The molecular formula is C21H20F2N4OS. The first-order chi connectivity index (χ1) is 13.8. The number of aliphatic hydroxyl groups excluding tert-OH is 1. The van der Waals surface area contributed by atoms with Crippen molar-refractivity contribution in [2.45, 2.75) is 31.6 Å². The van der Waals surface area contributed by atoms with Crippen molar-refractivity contribution in [1.29, 1.82) is 0 Å². The predicted molar refractivity (Wildman–Crippen MR) is 109 cm³/mol. The largest absolute Gasteiger partial charge is 0.396 e. The molecule has 1 aliphatic rings. The Morgan fingerprint density at radius 3 is 2.86 bits per heavy atom. The van der Waals surface area contributed by atoms with Gasteiger partial charge >= 0.3 is 0 Å². The lowest BCUT2D eigenvalue weighted by atomic mass is 9.72. The van der Waals surface area contributed by atoms with E-state index < -0.39 is 5.92 Å². The highest BCUT2D eigenvalue weighted by atomic mass is 32.1. The topological polar surface area (TPSA) is 63.8 Å². The van der Waals surface area contributed by atoms with E-state index in [2.05, 4.69) is 10.1 Å². The maximum Gasteiger partial charge on any atom is 0.248 e. The zero-order valence-electron chi connectivity index (χ0n) is 16.1. The van der Waals surface area contributed by atoms with Crippen molar-refractivity contribution in [2.24, 2.45) is 13.0 Å². The molecule has 0 bridgehead atoms. The monoisotopic (exact) mass is 414 g/mol. The third kappa shape index (κ3) is 3.11. The minimum Gasteiger partial charge on any atom is -0.396 e. The highest BCUT2D eigenvalue weighted by Gasteiger charge is 2.49. The molecule has 0 amide bonds. The molecule has 1 atom stereocenters. The summed E-state index contributed by atoms with van der Waals surface area (Å²) in [7, 11) is 1.86. The summed E-state index contributed by atoms with van der Waals surface area (Å²) in [6.45, 7) is 1.86. The molecule has 150 valence electrons. The van der Waals surface area contributed by atoms with Crippen molar-refractivity contribution in [3.05, 3.63) is 41.0 Å². The Morgan fingerprint density at radius 2 is 2.14 bits per heavy atom. The molecule has 0 saturated heterocycles. The minimum atomic E-state index is -2.59. The van der Waals surface area contributed by atoms with Crippen LogP contribution < -0.4 is 0 Å². The summed E-state index contributed by atoms with van der Waals surface area (Å²) in [6.07, 6.45) is 3.37. The summed E-state index contributed by atoms with van der Waals surface area (Å²) >= 11 is 1.50. The lowest BCUT2D eigenvalue weighted by Crippen LogP contribution is -2.39. The summed E-state index contributed by atoms with van der Waals surface area (Å²) in [5, 5.41) is 16.1. The quantitative estimate of drug-likeness (QED) is 0.527. The van der Waals surface area contributed by atoms with Crippen LogP contribution in [-0.2, 0) is 7.05 Å². The Balaban J connectivity index is 1.53. The highest BCUT2D eigenvalue weighted by Crippen LogP contribution is 2.51. The molecule has 4 heterocycles. The number of thiophene rings is 1. The molecule has 1 saturated carbocycles. The molecular weight excluding hydrogens is 394 g/mol.